The summed E-state index contributed by atoms with van der Waals surface area (Å²) in [5.74, 6) is 0. The van der Waals surface area contributed by atoms with Gasteiger partial charge in [-0.05, 0) is 24.3 Å². The maximum absolute atomic E-state index is 7.12. The molecular formula is C6H8BNO2. The van der Waals surface area contributed by atoms with Crippen LogP contribution in [-0.4, -0.2) is 22.7 Å². The second kappa shape index (κ2) is 3.24. The molecule has 0 radical (unpaired) electrons. The smallest absolute Gasteiger partial charge is 0.430 e. The van der Waals surface area contributed by atoms with Crippen LogP contribution in [0.3, 0.4) is 0 Å². The zero-order chi connectivity index (χ0) is 7.40. The van der Waals surface area contributed by atoms with Crippen LogP contribution < -0.4 is 0 Å². The van der Waals surface area contributed by atoms with Gasteiger partial charge in [-0.15, -0.1) is 0 Å². The standard InChI is InChI=1S/C6H5N.BH3O2/c1-2-6-4-3-5(1)7-6;2-1-3/h1-4,7H;1-3H. The predicted molar refractivity (Wildman–Crippen MR) is 41.1 cm³/mol. The summed E-state index contributed by atoms with van der Waals surface area (Å²) in [7, 11) is -0.750. The third-order valence-corrected chi connectivity index (χ3v) is 1.17. The summed E-state index contributed by atoms with van der Waals surface area (Å²) < 4.78 is 0. The van der Waals surface area contributed by atoms with Gasteiger partial charge >= 0.3 is 7.69 Å². The Morgan fingerprint density at radius 1 is 1.00 bits per heavy atom. The molecule has 0 fully saturated rings. The van der Waals surface area contributed by atoms with Crippen LogP contribution in [0.5, 0.6) is 0 Å². The van der Waals surface area contributed by atoms with Gasteiger partial charge in [-0.25, -0.2) is 0 Å². The Labute approximate surface area is 59.0 Å². The number of fused-ring (bicyclic) bond motifs is 2. The molecule has 0 unspecified atom stereocenters. The lowest BCUT2D eigenvalue weighted by atomic mass is 10.4. The SMILES string of the molecule is OBO.c1cc2ccc1[nH]2. The molecule has 2 heterocycles. The van der Waals surface area contributed by atoms with Gasteiger partial charge in [0.2, 0.25) is 0 Å². The first kappa shape index (κ1) is 7.12. The van der Waals surface area contributed by atoms with Crippen molar-refractivity contribution in [3.8, 4) is 0 Å². The van der Waals surface area contributed by atoms with E-state index < -0.39 is 7.69 Å². The van der Waals surface area contributed by atoms with Crippen molar-refractivity contribution in [2.45, 2.75) is 0 Å². The van der Waals surface area contributed by atoms with Crippen molar-refractivity contribution in [2.75, 3.05) is 0 Å². The molecule has 0 saturated carbocycles. The maximum Gasteiger partial charge on any atom is 0.432 e. The van der Waals surface area contributed by atoms with Crippen molar-refractivity contribution in [1.29, 1.82) is 0 Å². The number of H-pyrrole nitrogens is 1. The van der Waals surface area contributed by atoms with Crippen LogP contribution in [0.4, 0.5) is 0 Å². The summed E-state index contributed by atoms with van der Waals surface area (Å²) in [6.45, 7) is 0. The van der Waals surface area contributed by atoms with Crippen LogP contribution in [-0.2, 0) is 0 Å². The van der Waals surface area contributed by atoms with E-state index in [4.69, 9.17) is 10.0 Å². The van der Waals surface area contributed by atoms with Crippen molar-refractivity contribution in [1.82, 2.24) is 4.98 Å². The van der Waals surface area contributed by atoms with E-state index in [2.05, 4.69) is 29.2 Å². The fourth-order valence-corrected chi connectivity index (χ4v) is 0.804. The molecule has 0 saturated heterocycles. The van der Waals surface area contributed by atoms with Gasteiger partial charge in [0.05, 0.1) is 0 Å². The Morgan fingerprint density at radius 2 is 1.30 bits per heavy atom. The molecule has 0 aliphatic carbocycles. The molecule has 0 aliphatic heterocycles. The van der Waals surface area contributed by atoms with Gasteiger partial charge in [-0.1, -0.05) is 0 Å². The van der Waals surface area contributed by atoms with Crippen molar-refractivity contribution in [3.63, 3.8) is 0 Å². The molecule has 2 bridgehead atoms. The molecule has 2 rings (SSSR count). The molecule has 10 heavy (non-hydrogen) atoms. The summed E-state index contributed by atoms with van der Waals surface area (Å²) in [4.78, 5) is 3.14. The molecule has 0 aromatic carbocycles. The molecule has 2 aromatic heterocycles. The first-order valence-electron chi connectivity index (χ1n) is 2.95. The second-order valence-electron chi connectivity index (χ2n) is 1.84. The number of aromatic nitrogens is 1. The number of benzene rings is 1. The highest BCUT2D eigenvalue weighted by Crippen LogP contribution is 2.07. The minimum atomic E-state index is -0.750. The fourth-order valence-electron chi connectivity index (χ4n) is 0.804. The fraction of sp³-hybridized carbons (Fsp3) is 0. The Kier molecular flexibility index (Phi) is 2.31. The average molecular weight is 137 g/mol. The zero-order valence-electron chi connectivity index (χ0n) is 5.41. The predicted octanol–water partition coefficient (Wildman–Crippen LogP) is -0.157. The summed E-state index contributed by atoms with van der Waals surface area (Å²) >= 11 is 0. The molecule has 0 atom stereocenters. The third-order valence-electron chi connectivity index (χ3n) is 1.17. The highest BCUT2D eigenvalue weighted by Gasteiger charge is 1.87. The highest BCUT2D eigenvalue weighted by atomic mass is 16.4. The molecule has 2 aromatic rings. The minimum Gasteiger partial charge on any atom is -0.430 e. The van der Waals surface area contributed by atoms with E-state index in [-0.39, 0.29) is 0 Å². The number of rotatable bonds is 0. The summed E-state index contributed by atoms with van der Waals surface area (Å²) in [6, 6.07) is 8.26. The Balaban J connectivity index is 0.000000148. The normalized spacial score (nSPS) is 9.00. The number of aromatic amines is 1. The first-order valence-corrected chi connectivity index (χ1v) is 2.95. The summed E-state index contributed by atoms with van der Waals surface area (Å²) in [5, 5.41) is 14.2. The van der Waals surface area contributed by atoms with Crippen molar-refractivity contribution >= 4 is 18.7 Å². The van der Waals surface area contributed by atoms with Gasteiger partial charge in [-0.3, -0.25) is 0 Å². The van der Waals surface area contributed by atoms with E-state index in [9.17, 15) is 0 Å². The average Bonchev–Trinajstić information content (AvgIpc) is 2.49. The molecule has 0 spiro atoms. The van der Waals surface area contributed by atoms with Gasteiger partial charge in [-0.2, -0.15) is 0 Å². The van der Waals surface area contributed by atoms with E-state index >= 15 is 0 Å². The van der Waals surface area contributed by atoms with Gasteiger partial charge in [0.1, 0.15) is 0 Å². The highest BCUT2D eigenvalue weighted by molar-refractivity contribution is 6.13. The second-order valence-corrected chi connectivity index (χ2v) is 1.84. The van der Waals surface area contributed by atoms with Crippen LogP contribution in [0.1, 0.15) is 0 Å². The minimum absolute atomic E-state index is 0.750. The topological polar surface area (TPSA) is 56.2 Å². The molecule has 52 valence electrons. The lowest BCUT2D eigenvalue weighted by Gasteiger charge is -1.64. The lowest BCUT2D eigenvalue weighted by Crippen LogP contribution is -1.75. The molecule has 3 nitrogen and oxygen atoms in total. The van der Waals surface area contributed by atoms with Crippen LogP contribution in [0.25, 0.3) is 11.0 Å². The van der Waals surface area contributed by atoms with Gasteiger partial charge in [0.15, 0.2) is 0 Å². The summed E-state index contributed by atoms with van der Waals surface area (Å²) in [6.07, 6.45) is 0. The van der Waals surface area contributed by atoms with Gasteiger partial charge in [0.25, 0.3) is 0 Å². The number of nitrogens with one attached hydrogen (secondary N) is 1. The third kappa shape index (κ3) is 1.49. The maximum atomic E-state index is 7.12. The monoisotopic (exact) mass is 137 g/mol. The molecule has 0 aliphatic rings. The number of hydrogen-bond acceptors (Lipinski definition) is 2. The quantitative estimate of drug-likeness (QED) is 0.442. The molecule has 4 heteroatoms. The van der Waals surface area contributed by atoms with E-state index in [0.29, 0.717) is 0 Å². The Hall–Kier alpha value is -0.995. The number of hydrogen-bond donors (Lipinski definition) is 3. The Morgan fingerprint density at radius 3 is 1.40 bits per heavy atom. The van der Waals surface area contributed by atoms with E-state index in [1.165, 1.54) is 11.0 Å². The van der Waals surface area contributed by atoms with Crippen molar-refractivity contribution in [2.24, 2.45) is 0 Å². The van der Waals surface area contributed by atoms with E-state index in [1.54, 1.807) is 0 Å². The molecule has 0 amide bonds. The Bertz CT molecular complexity index is 225. The van der Waals surface area contributed by atoms with Gasteiger partial charge < -0.3 is 15.0 Å². The summed E-state index contributed by atoms with van der Waals surface area (Å²) in [5.41, 5.74) is 2.44. The molecule has 3 N–H and O–H groups in total. The van der Waals surface area contributed by atoms with Gasteiger partial charge in [0, 0.05) is 11.0 Å². The van der Waals surface area contributed by atoms with E-state index in [0.717, 1.165) is 0 Å². The van der Waals surface area contributed by atoms with Crippen LogP contribution in [0.15, 0.2) is 24.3 Å². The van der Waals surface area contributed by atoms with Crippen molar-refractivity contribution in [3.05, 3.63) is 24.3 Å². The first-order chi connectivity index (χ1) is 4.86. The van der Waals surface area contributed by atoms with Crippen LogP contribution in [0, 0.1) is 0 Å². The van der Waals surface area contributed by atoms with E-state index in [1.807, 2.05) is 0 Å². The van der Waals surface area contributed by atoms with Crippen LogP contribution >= 0.6 is 0 Å². The van der Waals surface area contributed by atoms with Crippen molar-refractivity contribution < 1.29 is 10.0 Å². The lowest BCUT2D eigenvalue weighted by molar-refractivity contribution is 0.448. The van der Waals surface area contributed by atoms with Crippen LogP contribution in [0.2, 0.25) is 0 Å². The largest absolute Gasteiger partial charge is 0.432 e. The zero-order valence-corrected chi connectivity index (χ0v) is 5.41. The molecular weight excluding hydrogens is 129 g/mol.